The fraction of sp³-hybridized carbons (Fsp3) is 0.435. The number of hydrogen-bond acceptors (Lipinski definition) is 6. The molecule has 2 aromatic heterocycles. The van der Waals surface area contributed by atoms with Crippen molar-refractivity contribution in [3.8, 4) is 0 Å². The maximum Gasteiger partial charge on any atom is 0.160 e. The van der Waals surface area contributed by atoms with Gasteiger partial charge in [-0.1, -0.05) is 12.2 Å². The summed E-state index contributed by atoms with van der Waals surface area (Å²) in [5, 5.41) is 4.15. The zero-order valence-corrected chi connectivity index (χ0v) is 19.8. The van der Waals surface area contributed by atoms with E-state index in [0.717, 1.165) is 46.5 Å². The third kappa shape index (κ3) is 7.07. The van der Waals surface area contributed by atoms with Crippen molar-refractivity contribution < 1.29 is 9.53 Å². The van der Waals surface area contributed by atoms with Crippen LogP contribution in [-0.2, 0) is 11.3 Å². The van der Waals surface area contributed by atoms with Crippen molar-refractivity contribution >= 4 is 39.9 Å². The number of carbonyl (C=O) groups excluding carboxylic acids is 1. The van der Waals surface area contributed by atoms with Crippen molar-refractivity contribution in [3.05, 3.63) is 47.1 Å². The van der Waals surface area contributed by atoms with Crippen LogP contribution in [0, 0.1) is 0 Å². The number of allylic oxidation sites excluding steroid dienone is 2. The third-order valence-corrected chi connectivity index (χ3v) is 5.75. The van der Waals surface area contributed by atoms with Crippen LogP contribution in [0.5, 0.6) is 0 Å². The summed E-state index contributed by atoms with van der Waals surface area (Å²) in [5.41, 5.74) is 3.11. The standard InChI is InChI=1S/C18H24N4OS.C5H10O/c1-5-13(4)21-12-19-10-14-16(11-23)24-18-17(14)15(8-9-20-18)22(6-2)7-3;1-4-5(2)6-3/h5,8-9,11-12H,6-7,10H2,1-4H3,(H,19,21);4-5H,1H2,2-3H3/b13-5+;. The van der Waals surface area contributed by atoms with E-state index in [9.17, 15) is 4.79 Å². The molecule has 0 aromatic carbocycles. The third-order valence-electron chi connectivity index (χ3n) is 4.68. The van der Waals surface area contributed by atoms with E-state index >= 15 is 0 Å². The second-order valence-electron chi connectivity index (χ2n) is 6.51. The van der Waals surface area contributed by atoms with E-state index < -0.39 is 0 Å². The lowest BCUT2D eigenvalue weighted by molar-refractivity contribution is 0.112. The van der Waals surface area contributed by atoms with Crippen LogP contribution in [0.4, 0.5) is 5.69 Å². The number of carbonyl (C=O) groups is 1. The minimum absolute atomic E-state index is 0.199. The number of ether oxygens (including phenoxy) is 1. The van der Waals surface area contributed by atoms with Crippen LogP contribution < -0.4 is 10.2 Å². The molecular formula is C23H34N4O2S. The van der Waals surface area contributed by atoms with Crippen LogP contribution >= 0.6 is 11.3 Å². The van der Waals surface area contributed by atoms with Crippen LogP contribution in [0.1, 0.15) is 49.9 Å². The summed E-state index contributed by atoms with van der Waals surface area (Å²) in [7, 11) is 1.66. The normalized spacial score (nSPS) is 12.4. The number of aliphatic imine (C=N–C) groups is 1. The maximum atomic E-state index is 11.5. The molecule has 2 rings (SSSR count). The monoisotopic (exact) mass is 430 g/mol. The predicted octanol–water partition coefficient (Wildman–Crippen LogP) is 5.20. The summed E-state index contributed by atoms with van der Waals surface area (Å²) < 4.78 is 4.78. The first-order valence-electron chi connectivity index (χ1n) is 10.1. The topological polar surface area (TPSA) is 66.8 Å². The summed E-state index contributed by atoms with van der Waals surface area (Å²) in [6, 6.07) is 2.02. The molecule has 0 amide bonds. The Morgan fingerprint density at radius 2 is 2.13 bits per heavy atom. The number of aldehydes is 1. The van der Waals surface area contributed by atoms with Crippen LogP contribution in [0.2, 0.25) is 0 Å². The zero-order valence-electron chi connectivity index (χ0n) is 18.9. The number of nitrogens with one attached hydrogen (secondary N) is 1. The molecule has 7 heteroatoms. The van der Waals surface area contributed by atoms with Gasteiger partial charge in [0.05, 0.1) is 23.9 Å². The lowest BCUT2D eigenvalue weighted by Gasteiger charge is -2.22. The average molecular weight is 431 g/mol. The highest BCUT2D eigenvalue weighted by atomic mass is 32.1. The van der Waals surface area contributed by atoms with Gasteiger partial charge in [0.25, 0.3) is 0 Å². The number of rotatable bonds is 10. The highest BCUT2D eigenvalue weighted by Crippen LogP contribution is 2.36. The Labute approximate surface area is 184 Å². The van der Waals surface area contributed by atoms with Gasteiger partial charge in [0.2, 0.25) is 0 Å². The smallest absolute Gasteiger partial charge is 0.160 e. The summed E-state index contributed by atoms with van der Waals surface area (Å²) >= 11 is 1.43. The molecule has 0 saturated heterocycles. The molecule has 1 N–H and O–H groups in total. The van der Waals surface area contributed by atoms with Crippen LogP contribution in [0.15, 0.2) is 41.7 Å². The first-order chi connectivity index (χ1) is 14.5. The SMILES string of the molecule is C/C=C(\C)NC=NCc1c(C=O)sc2nccc(N(CC)CC)c12.C=CC(C)OC. The number of thiophene rings is 1. The molecule has 2 heterocycles. The zero-order chi connectivity index (χ0) is 22.5. The summed E-state index contributed by atoms with van der Waals surface area (Å²) in [5.74, 6) is 0. The van der Waals surface area contributed by atoms with Gasteiger partial charge >= 0.3 is 0 Å². The van der Waals surface area contributed by atoms with Crippen molar-refractivity contribution in [1.29, 1.82) is 0 Å². The molecule has 0 saturated carbocycles. The van der Waals surface area contributed by atoms with Gasteiger partial charge in [-0.2, -0.15) is 0 Å². The quantitative estimate of drug-likeness (QED) is 0.243. The van der Waals surface area contributed by atoms with Crippen LogP contribution in [-0.4, -0.2) is 43.9 Å². The number of anilines is 1. The minimum Gasteiger partial charge on any atom is -0.378 e. The lowest BCUT2D eigenvalue weighted by atomic mass is 10.1. The predicted molar refractivity (Wildman–Crippen MR) is 130 cm³/mol. The van der Waals surface area contributed by atoms with E-state index in [-0.39, 0.29) is 6.10 Å². The first-order valence-corrected chi connectivity index (χ1v) is 10.9. The van der Waals surface area contributed by atoms with Crippen LogP contribution in [0.25, 0.3) is 10.2 Å². The Bertz CT molecular complexity index is 869. The van der Waals surface area contributed by atoms with Crippen molar-refractivity contribution in [2.24, 2.45) is 4.99 Å². The molecule has 0 bridgehead atoms. The number of nitrogens with zero attached hydrogens (tertiary/aromatic N) is 3. The Morgan fingerprint density at radius 3 is 2.63 bits per heavy atom. The van der Waals surface area contributed by atoms with E-state index in [4.69, 9.17) is 4.74 Å². The average Bonchev–Trinajstić information content (AvgIpc) is 3.15. The molecule has 164 valence electrons. The van der Waals surface area contributed by atoms with Gasteiger partial charge in [-0.25, -0.2) is 4.98 Å². The molecule has 1 unspecified atom stereocenters. The molecule has 1 atom stereocenters. The largest absolute Gasteiger partial charge is 0.378 e. The summed E-state index contributed by atoms with van der Waals surface area (Å²) in [6.07, 6.45) is 8.33. The Balaban J connectivity index is 0.000000656. The highest BCUT2D eigenvalue weighted by Gasteiger charge is 2.17. The van der Waals surface area contributed by atoms with E-state index in [1.165, 1.54) is 11.3 Å². The van der Waals surface area contributed by atoms with E-state index in [1.54, 1.807) is 19.5 Å². The van der Waals surface area contributed by atoms with E-state index in [0.29, 0.717) is 11.4 Å². The van der Waals surface area contributed by atoms with Gasteiger partial charge in [-0.05, 0) is 40.7 Å². The van der Waals surface area contributed by atoms with Gasteiger partial charge in [0.15, 0.2) is 6.29 Å². The number of aromatic nitrogens is 1. The van der Waals surface area contributed by atoms with Gasteiger partial charge in [-0.3, -0.25) is 9.79 Å². The molecular weight excluding hydrogens is 396 g/mol. The van der Waals surface area contributed by atoms with Crippen molar-refractivity contribution in [1.82, 2.24) is 10.3 Å². The fourth-order valence-corrected chi connectivity index (χ4v) is 3.62. The van der Waals surface area contributed by atoms with Gasteiger partial charge in [0.1, 0.15) is 4.83 Å². The molecule has 0 radical (unpaired) electrons. The number of fused-ring (bicyclic) bond motifs is 1. The minimum atomic E-state index is 0.199. The fourth-order valence-electron chi connectivity index (χ4n) is 2.63. The second-order valence-corrected chi connectivity index (χ2v) is 7.54. The van der Waals surface area contributed by atoms with Crippen molar-refractivity contribution in [2.45, 2.75) is 47.3 Å². The van der Waals surface area contributed by atoms with E-state index in [2.05, 4.69) is 40.6 Å². The van der Waals surface area contributed by atoms with Crippen LogP contribution in [0.3, 0.4) is 0 Å². The molecule has 0 aliphatic rings. The van der Waals surface area contributed by atoms with Gasteiger partial charge < -0.3 is 15.0 Å². The van der Waals surface area contributed by atoms with Gasteiger partial charge in [-0.15, -0.1) is 17.9 Å². The van der Waals surface area contributed by atoms with Gasteiger partial charge in [0, 0.05) is 48.7 Å². The summed E-state index contributed by atoms with van der Waals surface area (Å²) in [6.45, 7) is 15.9. The molecule has 0 fully saturated rings. The maximum absolute atomic E-state index is 11.5. The second kappa shape index (κ2) is 13.7. The number of methoxy groups -OCH3 is 1. The number of pyridine rings is 1. The Hall–Kier alpha value is -2.51. The van der Waals surface area contributed by atoms with E-state index in [1.807, 2.05) is 39.1 Å². The Kier molecular flexibility index (Phi) is 11.6. The highest BCUT2D eigenvalue weighted by molar-refractivity contribution is 7.20. The lowest BCUT2D eigenvalue weighted by Crippen LogP contribution is -2.22. The molecule has 0 spiro atoms. The molecule has 6 nitrogen and oxygen atoms in total. The van der Waals surface area contributed by atoms with Crippen molar-refractivity contribution in [2.75, 3.05) is 25.1 Å². The molecule has 0 aliphatic heterocycles. The molecule has 0 aliphatic carbocycles. The molecule has 30 heavy (non-hydrogen) atoms. The first kappa shape index (κ1) is 25.5. The summed E-state index contributed by atoms with van der Waals surface area (Å²) in [4.78, 5) is 24.3. The number of hydrogen-bond donors (Lipinski definition) is 1. The van der Waals surface area contributed by atoms with Crippen molar-refractivity contribution in [3.63, 3.8) is 0 Å². The Morgan fingerprint density at radius 1 is 1.43 bits per heavy atom. The molecule has 2 aromatic rings.